The van der Waals surface area contributed by atoms with Crippen molar-refractivity contribution in [2.24, 2.45) is 0 Å². The molecule has 34 heavy (non-hydrogen) atoms. The maximum Gasteiger partial charge on any atom is 0.334 e. The molecule has 0 saturated carbocycles. The topological polar surface area (TPSA) is 99.2 Å². The molecule has 9 heteroatoms. The average Bonchev–Trinajstić information content (AvgIpc) is 3.62. The SMILES string of the molecule is CCCc1cn(-c2cccn2CC)c(=O)n1Cc1ccc(-c2ccccc2-c2nnn[nH]2)nc1. The monoisotopic (exact) mass is 454 g/mol. The van der Waals surface area contributed by atoms with Crippen LogP contribution < -0.4 is 5.69 Å². The van der Waals surface area contributed by atoms with Crippen molar-refractivity contribution in [1.29, 1.82) is 0 Å². The van der Waals surface area contributed by atoms with Gasteiger partial charge in [-0.05, 0) is 47.5 Å². The average molecular weight is 455 g/mol. The van der Waals surface area contributed by atoms with Gasteiger partial charge in [0.15, 0.2) is 5.82 Å². The molecule has 0 amide bonds. The van der Waals surface area contributed by atoms with Crippen LogP contribution in [0.2, 0.25) is 0 Å². The van der Waals surface area contributed by atoms with Gasteiger partial charge in [0.2, 0.25) is 0 Å². The molecule has 5 aromatic rings. The number of benzene rings is 1. The summed E-state index contributed by atoms with van der Waals surface area (Å²) < 4.78 is 5.67. The van der Waals surface area contributed by atoms with Gasteiger partial charge in [-0.15, -0.1) is 5.10 Å². The number of H-pyrrole nitrogens is 1. The van der Waals surface area contributed by atoms with E-state index in [9.17, 15) is 4.79 Å². The highest BCUT2D eigenvalue weighted by Crippen LogP contribution is 2.28. The van der Waals surface area contributed by atoms with Crippen molar-refractivity contribution < 1.29 is 0 Å². The molecule has 1 N–H and O–H groups in total. The lowest BCUT2D eigenvalue weighted by Gasteiger charge is -2.09. The Morgan fingerprint density at radius 1 is 1.00 bits per heavy atom. The highest BCUT2D eigenvalue weighted by atomic mass is 16.1. The van der Waals surface area contributed by atoms with Gasteiger partial charge in [-0.1, -0.05) is 43.7 Å². The standard InChI is InChI=1S/C25H26N8O/c1-3-8-19-17-33(23-11-7-14-31(23)4-2)25(34)32(19)16-18-12-13-22(26-15-18)20-9-5-6-10-21(20)24-27-29-30-28-24/h5-7,9-15,17H,3-4,8,16H2,1-2H3,(H,27,28,29,30). The largest absolute Gasteiger partial charge is 0.334 e. The minimum atomic E-state index is -0.0379. The Kier molecular flexibility index (Phi) is 5.90. The number of rotatable bonds is 8. The normalized spacial score (nSPS) is 11.2. The van der Waals surface area contributed by atoms with Crippen LogP contribution in [-0.4, -0.2) is 39.3 Å². The van der Waals surface area contributed by atoms with Crippen molar-refractivity contribution >= 4 is 0 Å². The van der Waals surface area contributed by atoms with E-state index < -0.39 is 0 Å². The first-order valence-electron chi connectivity index (χ1n) is 11.4. The van der Waals surface area contributed by atoms with Crippen molar-refractivity contribution in [3.63, 3.8) is 0 Å². The molecule has 4 heterocycles. The molecule has 172 valence electrons. The Balaban J connectivity index is 1.47. The van der Waals surface area contributed by atoms with E-state index in [-0.39, 0.29) is 5.69 Å². The fraction of sp³-hybridized carbons (Fsp3) is 0.240. The molecule has 5 rings (SSSR count). The summed E-state index contributed by atoms with van der Waals surface area (Å²) in [5.74, 6) is 1.48. The molecule has 0 spiro atoms. The van der Waals surface area contributed by atoms with Gasteiger partial charge in [0.25, 0.3) is 0 Å². The summed E-state index contributed by atoms with van der Waals surface area (Å²) in [7, 11) is 0. The lowest BCUT2D eigenvalue weighted by molar-refractivity contribution is 0.675. The summed E-state index contributed by atoms with van der Waals surface area (Å²) in [6.07, 6.45) is 7.59. The fourth-order valence-electron chi connectivity index (χ4n) is 4.25. The van der Waals surface area contributed by atoms with Crippen LogP contribution in [0.4, 0.5) is 0 Å². The van der Waals surface area contributed by atoms with Crippen molar-refractivity contribution in [2.45, 2.75) is 39.8 Å². The zero-order valence-electron chi connectivity index (χ0n) is 19.2. The molecule has 0 aliphatic carbocycles. The predicted molar refractivity (Wildman–Crippen MR) is 130 cm³/mol. The number of tetrazole rings is 1. The zero-order valence-corrected chi connectivity index (χ0v) is 19.2. The van der Waals surface area contributed by atoms with E-state index >= 15 is 0 Å². The first-order valence-corrected chi connectivity index (χ1v) is 11.4. The van der Waals surface area contributed by atoms with Crippen LogP contribution in [0.25, 0.3) is 28.5 Å². The molecule has 0 atom stereocenters. The minimum absolute atomic E-state index is 0.0379. The van der Waals surface area contributed by atoms with Crippen molar-refractivity contribution in [2.75, 3.05) is 0 Å². The lowest BCUT2D eigenvalue weighted by atomic mass is 10.0. The molecule has 0 aliphatic heterocycles. The second-order valence-electron chi connectivity index (χ2n) is 8.11. The summed E-state index contributed by atoms with van der Waals surface area (Å²) in [6, 6.07) is 15.8. The van der Waals surface area contributed by atoms with E-state index in [1.54, 1.807) is 4.57 Å². The predicted octanol–water partition coefficient (Wildman–Crippen LogP) is 3.70. The van der Waals surface area contributed by atoms with Crippen LogP contribution in [0.3, 0.4) is 0 Å². The van der Waals surface area contributed by atoms with Crippen LogP contribution in [0.5, 0.6) is 0 Å². The Morgan fingerprint density at radius 2 is 1.85 bits per heavy atom. The lowest BCUT2D eigenvalue weighted by Crippen LogP contribution is -2.26. The Morgan fingerprint density at radius 3 is 2.56 bits per heavy atom. The molecule has 0 unspecified atom stereocenters. The number of hydrogen-bond acceptors (Lipinski definition) is 5. The Bertz CT molecular complexity index is 1440. The summed E-state index contributed by atoms with van der Waals surface area (Å²) in [5, 5.41) is 14.2. The number of pyridine rings is 1. The second-order valence-corrected chi connectivity index (χ2v) is 8.11. The van der Waals surface area contributed by atoms with Gasteiger partial charge in [0.05, 0.1) is 12.2 Å². The van der Waals surface area contributed by atoms with E-state index in [1.165, 1.54) is 0 Å². The third-order valence-corrected chi connectivity index (χ3v) is 5.93. The highest BCUT2D eigenvalue weighted by molar-refractivity contribution is 5.78. The van der Waals surface area contributed by atoms with Crippen molar-refractivity contribution in [3.05, 3.63) is 88.9 Å². The van der Waals surface area contributed by atoms with Gasteiger partial charge in [-0.2, -0.15) is 0 Å². The second kappa shape index (κ2) is 9.30. The molecule has 0 bridgehead atoms. The summed E-state index contributed by atoms with van der Waals surface area (Å²) >= 11 is 0. The molecule has 0 aliphatic rings. The first kappa shape index (κ1) is 21.6. The first-order chi connectivity index (χ1) is 16.7. The van der Waals surface area contributed by atoms with Crippen molar-refractivity contribution in [3.8, 4) is 28.5 Å². The van der Waals surface area contributed by atoms with Gasteiger partial charge < -0.3 is 4.57 Å². The molecule has 1 aromatic carbocycles. The number of aryl methyl sites for hydroxylation is 2. The van der Waals surface area contributed by atoms with Gasteiger partial charge >= 0.3 is 5.69 Å². The molecule has 4 aromatic heterocycles. The summed E-state index contributed by atoms with van der Waals surface area (Å²) in [4.78, 5) is 18.1. The third-order valence-electron chi connectivity index (χ3n) is 5.93. The Hall–Kier alpha value is -4.27. The molecular weight excluding hydrogens is 428 g/mol. The zero-order chi connectivity index (χ0) is 23.5. The van der Waals surface area contributed by atoms with Crippen LogP contribution in [0, 0.1) is 0 Å². The number of nitrogens with zero attached hydrogens (tertiary/aromatic N) is 7. The van der Waals surface area contributed by atoms with Gasteiger partial charge in [0, 0.05) is 42.0 Å². The fourth-order valence-corrected chi connectivity index (χ4v) is 4.25. The van der Waals surface area contributed by atoms with Crippen LogP contribution in [0.1, 0.15) is 31.5 Å². The van der Waals surface area contributed by atoms with E-state index in [4.69, 9.17) is 4.98 Å². The van der Waals surface area contributed by atoms with E-state index in [2.05, 4.69) is 39.0 Å². The maximum atomic E-state index is 13.4. The van der Waals surface area contributed by atoms with Crippen LogP contribution in [-0.2, 0) is 19.5 Å². The molecule has 0 radical (unpaired) electrons. The van der Waals surface area contributed by atoms with Crippen LogP contribution in [0.15, 0.2) is 71.9 Å². The minimum Gasteiger partial charge on any atom is -0.334 e. The van der Waals surface area contributed by atoms with Crippen LogP contribution >= 0.6 is 0 Å². The number of hydrogen-bond donors (Lipinski definition) is 1. The maximum absolute atomic E-state index is 13.4. The smallest absolute Gasteiger partial charge is 0.334 e. The number of aromatic amines is 1. The third kappa shape index (κ3) is 3.96. The molecular formula is C25H26N8O. The summed E-state index contributed by atoms with van der Waals surface area (Å²) in [5.41, 5.74) is 4.57. The van der Waals surface area contributed by atoms with E-state index in [0.717, 1.165) is 53.3 Å². The molecule has 9 nitrogen and oxygen atoms in total. The number of nitrogens with one attached hydrogen (secondary N) is 1. The summed E-state index contributed by atoms with van der Waals surface area (Å²) in [6.45, 7) is 5.47. The van der Waals surface area contributed by atoms with Gasteiger partial charge in [0.1, 0.15) is 5.82 Å². The number of aromatic nitrogens is 8. The Labute approximate surface area is 196 Å². The molecule has 0 saturated heterocycles. The molecule has 0 fully saturated rings. The van der Waals surface area contributed by atoms with Gasteiger partial charge in [-0.25, -0.2) is 9.89 Å². The van der Waals surface area contributed by atoms with E-state index in [0.29, 0.717) is 12.4 Å². The van der Waals surface area contributed by atoms with Crippen molar-refractivity contribution in [1.82, 2.24) is 39.3 Å². The quantitative estimate of drug-likeness (QED) is 0.385. The van der Waals surface area contributed by atoms with Gasteiger partial charge in [-0.3, -0.25) is 14.1 Å². The van der Waals surface area contributed by atoms with E-state index in [1.807, 2.05) is 71.7 Å². The highest BCUT2D eigenvalue weighted by Gasteiger charge is 2.15. The number of imidazole rings is 1.